The number of imide groups is 2. The molecule has 11 nitrogen and oxygen atoms in total. The zero-order valence-electron chi connectivity index (χ0n) is 22.3. The summed E-state index contributed by atoms with van der Waals surface area (Å²) in [6.45, 7) is 6.37. The molecule has 2 N–H and O–H groups in total. The lowest BCUT2D eigenvalue weighted by atomic mass is 9.98. The Balaban J connectivity index is 1.05. The van der Waals surface area contributed by atoms with Crippen LogP contribution in [0.1, 0.15) is 71.2 Å². The van der Waals surface area contributed by atoms with Crippen LogP contribution in [0.15, 0.2) is 18.2 Å². The van der Waals surface area contributed by atoms with Crippen molar-refractivity contribution < 1.29 is 29.1 Å². The Morgan fingerprint density at radius 3 is 2.33 bits per heavy atom. The second-order valence-corrected chi connectivity index (χ2v) is 11.0. The first-order chi connectivity index (χ1) is 18.8. The predicted molar refractivity (Wildman–Crippen MR) is 141 cm³/mol. The lowest BCUT2D eigenvalue weighted by Crippen LogP contribution is -2.54. The van der Waals surface area contributed by atoms with E-state index in [2.05, 4.69) is 15.1 Å². The van der Waals surface area contributed by atoms with Crippen molar-refractivity contribution in [1.82, 2.24) is 24.9 Å². The number of aryl methyl sites for hydroxylation is 1. The van der Waals surface area contributed by atoms with Crippen LogP contribution >= 0.6 is 0 Å². The SMILES string of the molecule is O=C1CCC(N2C(=O)c3cccc(CCCCCN4CCN(C5CCN(C(=O)O)CC5)CC4)c3C2=O)C(=O)N1. The normalized spacial score (nSPS) is 23.3. The summed E-state index contributed by atoms with van der Waals surface area (Å²) in [4.78, 5) is 68.8. The van der Waals surface area contributed by atoms with Crippen LogP contribution in [0, 0.1) is 0 Å². The number of hydrogen-bond acceptors (Lipinski definition) is 7. The summed E-state index contributed by atoms with van der Waals surface area (Å²) in [6.07, 6.45) is 4.93. The number of carboxylic acid groups (broad SMARTS) is 1. The van der Waals surface area contributed by atoms with Crippen LogP contribution < -0.4 is 5.32 Å². The third-order valence-corrected chi connectivity index (χ3v) is 8.63. The van der Waals surface area contributed by atoms with E-state index in [1.54, 1.807) is 12.1 Å². The molecule has 11 heteroatoms. The molecule has 0 aromatic heterocycles. The molecule has 1 aromatic rings. The third kappa shape index (κ3) is 5.84. The van der Waals surface area contributed by atoms with E-state index in [9.17, 15) is 24.0 Å². The van der Waals surface area contributed by atoms with Gasteiger partial charge in [0.15, 0.2) is 0 Å². The number of likely N-dealkylation sites (tertiary alicyclic amines) is 1. The Bertz CT molecular complexity index is 1140. The monoisotopic (exact) mass is 539 g/mol. The minimum absolute atomic E-state index is 0.109. The molecule has 1 atom stereocenters. The number of benzene rings is 1. The van der Waals surface area contributed by atoms with Crippen molar-refractivity contribution in [3.63, 3.8) is 0 Å². The van der Waals surface area contributed by atoms with Gasteiger partial charge in [0.05, 0.1) is 11.1 Å². The highest BCUT2D eigenvalue weighted by Gasteiger charge is 2.45. The van der Waals surface area contributed by atoms with E-state index in [1.807, 2.05) is 6.07 Å². The molecule has 3 fully saturated rings. The molecule has 3 saturated heterocycles. The van der Waals surface area contributed by atoms with Gasteiger partial charge in [-0.1, -0.05) is 18.6 Å². The van der Waals surface area contributed by atoms with Gasteiger partial charge in [-0.2, -0.15) is 0 Å². The highest BCUT2D eigenvalue weighted by Crippen LogP contribution is 2.30. The lowest BCUT2D eigenvalue weighted by molar-refractivity contribution is -0.136. The summed E-state index contributed by atoms with van der Waals surface area (Å²) in [5.41, 5.74) is 1.58. The molecular weight excluding hydrogens is 502 g/mol. The standard InChI is InChI=1S/C28H37N5O6/c34-23-9-8-22(25(35)29-23)33-26(36)21-7-4-6-19(24(21)27(33)37)5-2-1-3-12-30-15-17-31(18-16-30)20-10-13-32(14-11-20)28(38)39/h4,6-7,20,22H,1-3,5,8-18H2,(H,38,39)(H,29,34,35). The molecule has 5 amide bonds. The number of amides is 5. The number of unbranched alkanes of at least 4 members (excludes halogenated alkanes) is 2. The smallest absolute Gasteiger partial charge is 0.407 e. The van der Waals surface area contributed by atoms with Crippen LogP contribution in [0.2, 0.25) is 0 Å². The fourth-order valence-corrected chi connectivity index (χ4v) is 6.40. The van der Waals surface area contributed by atoms with Crippen LogP contribution in [-0.4, -0.2) is 112 Å². The Labute approximate surface area is 228 Å². The molecule has 0 radical (unpaired) electrons. The molecule has 39 heavy (non-hydrogen) atoms. The lowest BCUT2D eigenvalue weighted by Gasteiger charge is -2.42. The Kier molecular flexibility index (Phi) is 8.27. The highest BCUT2D eigenvalue weighted by atomic mass is 16.4. The molecule has 0 spiro atoms. The Morgan fingerprint density at radius 1 is 0.897 bits per heavy atom. The summed E-state index contributed by atoms with van der Waals surface area (Å²) >= 11 is 0. The van der Waals surface area contributed by atoms with E-state index in [0.29, 0.717) is 36.7 Å². The maximum absolute atomic E-state index is 13.2. The van der Waals surface area contributed by atoms with Crippen molar-refractivity contribution in [2.24, 2.45) is 0 Å². The second kappa shape index (κ2) is 11.8. The zero-order chi connectivity index (χ0) is 27.5. The van der Waals surface area contributed by atoms with Gasteiger partial charge in [-0.25, -0.2) is 4.79 Å². The third-order valence-electron chi connectivity index (χ3n) is 8.63. The van der Waals surface area contributed by atoms with Crippen molar-refractivity contribution in [1.29, 1.82) is 0 Å². The van der Waals surface area contributed by atoms with Crippen LogP contribution in [0.4, 0.5) is 4.79 Å². The Morgan fingerprint density at radius 2 is 1.64 bits per heavy atom. The van der Waals surface area contributed by atoms with E-state index in [-0.39, 0.29) is 18.7 Å². The van der Waals surface area contributed by atoms with Gasteiger partial charge in [0.2, 0.25) is 11.8 Å². The molecule has 1 aromatic carbocycles. The molecule has 4 heterocycles. The number of rotatable bonds is 8. The van der Waals surface area contributed by atoms with E-state index >= 15 is 0 Å². The topological polar surface area (TPSA) is 131 Å². The molecule has 0 saturated carbocycles. The maximum Gasteiger partial charge on any atom is 0.407 e. The fraction of sp³-hybridized carbons (Fsp3) is 0.607. The summed E-state index contributed by atoms with van der Waals surface area (Å²) in [6, 6.07) is 4.85. The molecule has 0 bridgehead atoms. The van der Waals surface area contributed by atoms with Gasteiger partial charge in [0.25, 0.3) is 11.8 Å². The first-order valence-corrected chi connectivity index (χ1v) is 14.1. The summed E-state index contributed by atoms with van der Waals surface area (Å²) < 4.78 is 0. The average Bonchev–Trinajstić information content (AvgIpc) is 3.19. The first-order valence-electron chi connectivity index (χ1n) is 14.1. The molecule has 1 unspecified atom stereocenters. The average molecular weight is 540 g/mol. The number of hydrogen-bond donors (Lipinski definition) is 2. The van der Waals surface area contributed by atoms with Gasteiger partial charge < -0.3 is 14.9 Å². The van der Waals surface area contributed by atoms with Gasteiger partial charge in [-0.05, 0) is 56.7 Å². The van der Waals surface area contributed by atoms with E-state index in [4.69, 9.17) is 5.11 Å². The predicted octanol–water partition coefficient (Wildman–Crippen LogP) is 1.56. The number of carbonyl (C=O) groups is 5. The summed E-state index contributed by atoms with van der Waals surface area (Å²) in [5, 5.41) is 11.4. The minimum atomic E-state index is -0.944. The molecule has 4 aliphatic rings. The van der Waals surface area contributed by atoms with E-state index < -0.39 is 29.9 Å². The van der Waals surface area contributed by atoms with Crippen LogP contribution in [0.25, 0.3) is 0 Å². The number of piperazine rings is 1. The van der Waals surface area contributed by atoms with Gasteiger partial charge in [0.1, 0.15) is 6.04 Å². The molecule has 5 rings (SSSR count). The van der Waals surface area contributed by atoms with Crippen molar-refractivity contribution in [3.05, 3.63) is 34.9 Å². The van der Waals surface area contributed by atoms with Crippen LogP contribution in [-0.2, 0) is 16.0 Å². The van der Waals surface area contributed by atoms with Crippen molar-refractivity contribution in [3.8, 4) is 0 Å². The van der Waals surface area contributed by atoms with Crippen molar-refractivity contribution >= 4 is 29.7 Å². The highest BCUT2D eigenvalue weighted by molar-refractivity contribution is 6.24. The first kappa shape index (κ1) is 27.3. The molecule has 0 aliphatic carbocycles. The van der Waals surface area contributed by atoms with Gasteiger partial charge >= 0.3 is 6.09 Å². The van der Waals surface area contributed by atoms with E-state index in [1.165, 1.54) is 4.90 Å². The van der Waals surface area contributed by atoms with Gasteiger partial charge in [-0.3, -0.25) is 34.3 Å². The fourth-order valence-electron chi connectivity index (χ4n) is 6.40. The quantitative estimate of drug-likeness (QED) is 0.376. The van der Waals surface area contributed by atoms with Crippen LogP contribution in [0.5, 0.6) is 0 Å². The number of nitrogens with one attached hydrogen (secondary N) is 1. The van der Waals surface area contributed by atoms with Crippen LogP contribution in [0.3, 0.4) is 0 Å². The Hall–Kier alpha value is -3.31. The molecule has 210 valence electrons. The van der Waals surface area contributed by atoms with Crippen molar-refractivity contribution in [2.45, 2.75) is 63.5 Å². The second-order valence-electron chi connectivity index (χ2n) is 11.0. The minimum Gasteiger partial charge on any atom is -0.465 e. The van der Waals surface area contributed by atoms with E-state index in [0.717, 1.165) is 75.3 Å². The van der Waals surface area contributed by atoms with Gasteiger partial charge in [-0.15, -0.1) is 0 Å². The number of fused-ring (bicyclic) bond motifs is 1. The number of piperidine rings is 2. The molecular formula is C28H37N5O6. The zero-order valence-corrected chi connectivity index (χ0v) is 22.3. The maximum atomic E-state index is 13.2. The summed E-state index contributed by atoms with van der Waals surface area (Å²) in [7, 11) is 0. The summed E-state index contributed by atoms with van der Waals surface area (Å²) in [5.74, 6) is -1.87. The number of carbonyl (C=O) groups excluding carboxylic acids is 4. The largest absolute Gasteiger partial charge is 0.465 e. The van der Waals surface area contributed by atoms with Crippen molar-refractivity contribution in [2.75, 3.05) is 45.8 Å². The van der Waals surface area contributed by atoms with Gasteiger partial charge in [0, 0.05) is 51.7 Å². The molecule has 4 aliphatic heterocycles. The number of nitrogens with zero attached hydrogens (tertiary/aromatic N) is 4.